The number of piperazine rings is 1. The highest BCUT2D eigenvalue weighted by atomic mass is 35.5. The van der Waals surface area contributed by atoms with Crippen molar-refractivity contribution < 1.29 is 13.2 Å². The van der Waals surface area contributed by atoms with Crippen molar-refractivity contribution >= 4 is 38.9 Å². The van der Waals surface area contributed by atoms with Crippen LogP contribution in [-0.2, 0) is 14.8 Å². The van der Waals surface area contributed by atoms with E-state index in [0.717, 1.165) is 5.56 Å². The number of para-hydroxylation sites is 1. The van der Waals surface area contributed by atoms with Crippen LogP contribution in [0.15, 0.2) is 47.4 Å². The summed E-state index contributed by atoms with van der Waals surface area (Å²) < 4.78 is 28.4. The fourth-order valence-electron chi connectivity index (χ4n) is 3.36. The predicted molar refractivity (Wildman–Crippen MR) is 117 cm³/mol. The Hall–Kier alpha value is -2.25. The van der Waals surface area contributed by atoms with Crippen molar-refractivity contribution in [2.75, 3.05) is 35.8 Å². The molecule has 0 spiro atoms. The molecule has 8 heteroatoms. The molecule has 6 nitrogen and oxygen atoms in total. The Morgan fingerprint density at radius 3 is 2.24 bits per heavy atom. The predicted octanol–water partition coefficient (Wildman–Crippen LogP) is 3.75. The van der Waals surface area contributed by atoms with E-state index in [2.05, 4.69) is 4.72 Å². The van der Waals surface area contributed by atoms with Crippen molar-refractivity contribution in [1.82, 2.24) is 4.90 Å². The van der Waals surface area contributed by atoms with Crippen molar-refractivity contribution in [3.8, 4) is 0 Å². The molecule has 1 amide bonds. The molecule has 2 aromatic carbocycles. The Bertz CT molecular complexity index is 983. The Kier molecular flexibility index (Phi) is 6.39. The lowest BCUT2D eigenvalue weighted by Crippen LogP contribution is -2.50. The highest BCUT2D eigenvalue weighted by Crippen LogP contribution is 2.36. The molecule has 2 aromatic rings. The number of nitrogens with one attached hydrogen (secondary N) is 1. The first kappa shape index (κ1) is 21.5. The Morgan fingerprint density at radius 2 is 1.66 bits per heavy atom. The van der Waals surface area contributed by atoms with Crippen LogP contribution in [0.1, 0.15) is 19.4 Å². The van der Waals surface area contributed by atoms with Gasteiger partial charge in [-0.15, -0.1) is 0 Å². The smallest absolute Gasteiger partial charge is 0.261 e. The third kappa shape index (κ3) is 4.85. The number of carbonyl (C=O) groups excluding carboxylic acids is 1. The van der Waals surface area contributed by atoms with Gasteiger partial charge in [0.25, 0.3) is 10.0 Å². The van der Waals surface area contributed by atoms with Crippen molar-refractivity contribution in [2.45, 2.75) is 25.7 Å². The lowest BCUT2D eigenvalue weighted by Gasteiger charge is -2.38. The summed E-state index contributed by atoms with van der Waals surface area (Å²) in [7, 11) is -3.74. The van der Waals surface area contributed by atoms with Gasteiger partial charge in [0.05, 0.1) is 21.3 Å². The zero-order valence-electron chi connectivity index (χ0n) is 16.9. The van der Waals surface area contributed by atoms with Crippen LogP contribution >= 0.6 is 11.6 Å². The average Bonchev–Trinajstić information content (AvgIpc) is 2.68. The quantitative estimate of drug-likeness (QED) is 0.776. The first-order valence-electron chi connectivity index (χ1n) is 9.61. The number of sulfonamides is 1. The van der Waals surface area contributed by atoms with Gasteiger partial charge in [0.15, 0.2) is 0 Å². The van der Waals surface area contributed by atoms with Gasteiger partial charge < -0.3 is 9.80 Å². The largest absolute Gasteiger partial charge is 0.365 e. The second-order valence-electron chi connectivity index (χ2n) is 7.52. The van der Waals surface area contributed by atoms with Crippen LogP contribution in [0.2, 0.25) is 5.02 Å². The van der Waals surface area contributed by atoms with Gasteiger partial charge in [-0.2, -0.15) is 0 Å². The van der Waals surface area contributed by atoms with E-state index in [-0.39, 0.29) is 16.7 Å². The summed E-state index contributed by atoms with van der Waals surface area (Å²) in [4.78, 5) is 16.3. The number of hydrogen-bond acceptors (Lipinski definition) is 4. The minimum absolute atomic E-state index is 0.0428. The molecular weight excluding hydrogens is 410 g/mol. The Morgan fingerprint density at radius 1 is 1.03 bits per heavy atom. The summed E-state index contributed by atoms with van der Waals surface area (Å²) in [5.41, 5.74) is 2.06. The average molecular weight is 436 g/mol. The molecule has 29 heavy (non-hydrogen) atoms. The van der Waals surface area contributed by atoms with Crippen LogP contribution in [0, 0.1) is 12.8 Å². The highest BCUT2D eigenvalue weighted by molar-refractivity contribution is 7.92. The highest BCUT2D eigenvalue weighted by Gasteiger charge is 2.26. The molecule has 1 N–H and O–H groups in total. The number of carbonyl (C=O) groups is 1. The lowest BCUT2D eigenvalue weighted by atomic mass is 10.1. The topological polar surface area (TPSA) is 69.7 Å². The third-order valence-corrected chi connectivity index (χ3v) is 6.65. The van der Waals surface area contributed by atoms with Gasteiger partial charge in [0.2, 0.25) is 5.91 Å². The molecule has 0 unspecified atom stereocenters. The molecule has 1 aliphatic heterocycles. The zero-order chi connectivity index (χ0) is 21.2. The van der Waals surface area contributed by atoms with Crippen LogP contribution < -0.4 is 9.62 Å². The number of hydrogen-bond donors (Lipinski definition) is 1. The summed E-state index contributed by atoms with van der Waals surface area (Å²) in [6, 6.07) is 11.9. The second kappa shape index (κ2) is 8.63. The number of amides is 1. The summed E-state index contributed by atoms with van der Waals surface area (Å²) >= 11 is 6.45. The molecule has 0 aliphatic carbocycles. The number of rotatable bonds is 5. The van der Waals surface area contributed by atoms with Crippen molar-refractivity contribution in [2.24, 2.45) is 5.92 Å². The van der Waals surface area contributed by atoms with E-state index in [4.69, 9.17) is 11.6 Å². The molecule has 156 valence electrons. The monoisotopic (exact) mass is 435 g/mol. The van der Waals surface area contributed by atoms with E-state index < -0.39 is 10.0 Å². The summed E-state index contributed by atoms with van der Waals surface area (Å²) in [5, 5.41) is 0.470. The maximum atomic E-state index is 12.8. The Balaban J connectivity index is 1.83. The molecule has 0 atom stereocenters. The van der Waals surface area contributed by atoms with Gasteiger partial charge >= 0.3 is 0 Å². The summed E-state index contributed by atoms with van der Waals surface area (Å²) in [5.74, 6) is 0.0860. The molecule has 0 radical (unpaired) electrons. The standard InChI is InChI=1S/C21H26ClN3O3S/c1-15(2)21(26)25-13-11-24(12-14-25)20-18(22)5-4-6-19(20)23-29(27,28)17-9-7-16(3)8-10-17/h4-10,15,23H,11-14H2,1-3H3. The van der Waals surface area contributed by atoms with E-state index in [1.807, 2.05) is 30.6 Å². The normalized spacial score (nSPS) is 14.9. The first-order chi connectivity index (χ1) is 13.7. The molecule has 0 bridgehead atoms. The minimum Gasteiger partial charge on any atom is -0.365 e. The SMILES string of the molecule is Cc1ccc(S(=O)(=O)Nc2cccc(Cl)c2N2CCN(C(=O)C(C)C)CC2)cc1. The summed E-state index contributed by atoms with van der Waals surface area (Å²) in [6.45, 7) is 8.01. The molecule has 1 fully saturated rings. The van der Waals surface area contributed by atoms with Crippen molar-refractivity contribution in [1.29, 1.82) is 0 Å². The molecule has 0 saturated carbocycles. The molecular formula is C21H26ClN3O3S. The van der Waals surface area contributed by atoms with E-state index in [1.54, 1.807) is 42.5 Å². The molecule has 0 aromatic heterocycles. The van der Waals surface area contributed by atoms with E-state index >= 15 is 0 Å². The fourth-order valence-corrected chi connectivity index (χ4v) is 4.72. The van der Waals surface area contributed by atoms with Gasteiger partial charge in [-0.1, -0.05) is 49.2 Å². The number of benzene rings is 2. The van der Waals surface area contributed by atoms with Gasteiger partial charge in [-0.05, 0) is 31.2 Å². The first-order valence-corrected chi connectivity index (χ1v) is 11.5. The Labute approximate surface area is 177 Å². The van der Waals surface area contributed by atoms with Crippen LogP contribution in [0.5, 0.6) is 0 Å². The van der Waals surface area contributed by atoms with Gasteiger partial charge in [-0.3, -0.25) is 9.52 Å². The second-order valence-corrected chi connectivity index (χ2v) is 9.61. The van der Waals surface area contributed by atoms with Gasteiger partial charge in [-0.25, -0.2) is 8.42 Å². The number of anilines is 2. The maximum Gasteiger partial charge on any atom is 0.261 e. The van der Waals surface area contributed by atoms with Gasteiger partial charge in [0, 0.05) is 32.1 Å². The number of aryl methyl sites for hydroxylation is 1. The molecule has 1 heterocycles. The van der Waals surface area contributed by atoms with Crippen molar-refractivity contribution in [3.05, 3.63) is 53.1 Å². The molecule has 1 aliphatic rings. The fraction of sp³-hybridized carbons (Fsp3) is 0.381. The minimum atomic E-state index is -3.74. The third-order valence-electron chi connectivity index (χ3n) is 4.96. The van der Waals surface area contributed by atoms with Crippen LogP contribution in [0.4, 0.5) is 11.4 Å². The summed E-state index contributed by atoms with van der Waals surface area (Å²) in [6.07, 6.45) is 0. The van der Waals surface area contributed by atoms with Crippen molar-refractivity contribution in [3.63, 3.8) is 0 Å². The maximum absolute atomic E-state index is 12.8. The van der Waals surface area contributed by atoms with Crippen LogP contribution in [0.25, 0.3) is 0 Å². The zero-order valence-corrected chi connectivity index (χ0v) is 18.4. The number of halogens is 1. The lowest BCUT2D eigenvalue weighted by molar-refractivity contribution is -0.134. The van der Waals surface area contributed by atoms with Gasteiger partial charge in [0.1, 0.15) is 0 Å². The van der Waals surface area contributed by atoms with E-state index in [0.29, 0.717) is 42.6 Å². The van der Waals surface area contributed by atoms with E-state index in [9.17, 15) is 13.2 Å². The van der Waals surface area contributed by atoms with Crippen LogP contribution in [0.3, 0.4) is 0 Å². The van der Waals surface area contributed by atoms with E-state index in [1.165, 1.54) is 0 Å². The van der Waals surface area contributed by atoms with Crippen LogP contribution in [-0.4, -0.2) is 45.4 Å². The molecule has 1 saturated heterocycles. The number of nitrogens with zero attached hydrogens (tertiary/aromatic N) is 2. The molecule has 3 rings (SSSR count).